The summed E-state index contributed by atoms with van der Waals surface area (Å²) in [5, 5.41) is 2.99. The molecular weight excluding hydrogens is 382 g/mol. The maximum absolute atomic E-state index is 13.3. The van der Waals surface area contributed by atoms with Crippen molar-refractivity contribution in [3.63, 3.8) is 0 Å². The van der Waals surface area contributed by atoms with E-state index in [1.807, 2.05) is 0 Å². The zero-order valence-corrected chi connectivity index (χ0v) is 20.2. The van der Waals surface area contributed by atoms with E-state index >= 15 is 0 Å². The molecule has 0 saturated heterocycles. The Hall–Kier alpha value is -2.17. The van der Waals surface area contributed by atoms with Gasteiger partial charge < -0.3 is 16.8 Å². The monoisotopic (exact) mass is 423 g/mol. The van der Waals surface area contributed by atoms with E-state index in [1.54, 1.807) is 0 Å². The summed E-state index contributed by atoms with van der Waals surface area (Å²) < 4.78 is 0. The molecule has 0 spiro atoms. The molecule has 2 aromatic rings. The average molecular weight is 424 g/mol. The van der Waals surface area contributed by atoms with Gasteiger partial charge in [0.2, 0.25) is 5.91 Å². The van der Waals surface area contributed by atoms with Crippen LogP contribution in [-0.4, -0.2) is 25.5 Å². The minimum Gasteiger partial charge on any atom is -0.354 e. The van der Waals surface area contributed by atoms with Crippen LogP contribution in [-0.2, 0) is 28.5 Å². The van der Waals surface area contributed by atoms with Gasteiger partial charge in [-0.3, -0.25) is 4.79 Å². The van der Waals surface area contributed by atoms with Crippen LogP contribution in [0.1, 0.15) is 63.8 Å². The first-order valence-electron chi connectivity index (χ1n) is 11.3. The van der Waals surface area contributed by atoms with Crippen LogP contribution in [0.5, 0.6) is 0 Å². The molecule has 0 aliphatic carbocycles. The second kappa shape index (κ2) is 9.97. The summed E-state index contributed by atoms with van der Waals surface area (Å²) in [5.74, 6) is -0.0276. The zero-order valence-electron chi connectivity index (χ0n) is 20.2. The Morgan fingerprint density at radius 1 is 0.742 bits per heavy atom. The lowest BCUT2D eigenvalue weighted by Crippen LogP contribution is -2.50. The molecule has 5 N–H and O–H groups in total. The Morgan fingerprint density at radius 2 is 1.13 bits per heavy atom. The molecular formula is C27H41N3O. The summed E-state index contributed by atoms with van der Waals surface area (Å²) in [4.78, 5) is 13.3. The molecule has 2 aromatic carbocycles. The van der Waals surface area contributed by atoms with Gasteiger partial charge in [-0.15, -0.1) is 0 Å². The number of benzene rings is 2. The van der Waals surface area contributed by atoms with Crippen LogP contribution in [0, 0.1) is 5.41 Å². The quantitative estimate of drug-likeness (QED) is 0.598. The van der Waals surface area contributed by atoms with E-state index in [2.05, 4.69) is 95.4 Å². The second-order valence-corrected chi connectivity index (χ2v) is 10.8. The normalized spacial score (nSPS) is 12.6. The Morgan fingerprint density at radius 3 is 1.42 bits per heavy atom. The number of rotatable bonds is 8. The highest BCUT2D eigenvalue weighted by molar-refractivity contribution is 5.83. The third-order valence-electron chi connectivity index (χ3n) is 6.03. The highest BCUT2D eigenvalue weighted by atomic mass is 16.2. The maximum Gasteiger partial charge on any atom is 0.228 e. The lowest BCUT2D eigenvalue weighted by atomic mass is 9.74. The first kappa shape index (κ1) is 25.1. The summed E-state index contributed by atoms with van der Waals surface area (Å²) >= 11 is 0. The molecule has 4 nitrogen and oxygen atoms in total. The fourth-order valence-electron chi connectivity index (χ4n) is 3.86. The van der Waals surface area contributed by atoms with E-state index < -0.39 is 5.41 Å². The summed E-state index contributed by atoms with van der Waals surface area (Å²) in [6, 6.07) is 17.2. The van der Waals surface area contributed by atoms with Crippen LogP contribution in [0.3, 0.4) is 0 Å². The predicted molar refractivity (Wildman–Crippen MR) is 131 cm³/mol. The van der Waals surface area contributed by atoms with Gasteiger partial charge in [0.05, 0.1) is 5.41 Å². The average Bonchev–Trinajstić information content (AvgIpc) is 2.71. The summed E-state index contributed by atoms with van der Waals surface area (Å²) in [5.41, 5.74) is 16.2. The van der Waals surface area contributed by atoms with E-state index in [4.69, 9.17) is 11.5 Å². The number of hydrogen-bond acceptors (Lipinski definition) is 3. The molecule has 0 saturated carbocycles. The van der Waals surface area contributed by atoms with E-state index in [-0.39, 0.29) is 23.3 Å². The number of nitrogens with one attached hydrogen (secondary N) is 1. The van der Waals surface area contributed by atoms with Crippen molar-refractivity contribution in [2.75, 3.05) is 19.6 Å². The molecule has 2 rings (SSSR count). The standard InChI is InChI=1S/C27H41N3O/c1-25(2,3)22-11-7-20(8-12-22)17-27(19-29,24(31)30-16-15-28)18-21-9-13-23(14-10-21)26(4,5)6/h7-14H,15-19,28-29H2,1-6H3,(H,30,31). The number of carbonyl (C=O) groups excluding carboxylic acids is 1. The first-order chi connectivity index (χ1) is 14.4. The van der Waals surface area contributed by atoms with Crippen LogP contribution in [0.25, 0.3) is 0 Å². The van der Waals surface area contributed by atoms with Crippen molar-refractivity contribution in [1.29, 1.82) is 0 Å². The van der Waals surface area contributed by atoms with Crippen molar-refractivity contribution in [2.45, 2.75) is 65.2 Å². The van der Waals surface area contributed by atoms with Crippen LogP contribution >= 0.6 is 0 Å². The second-order valence-electron chi connectivity index (χ2n) is 10.8. The van der Waals surface area contributed by atoms with Gasteiger partial charge in [-0.25, -0.2) is 0 Å². The number of amides is 1. The van der Waals surface area contributed by atoms with Crippen LogP contribution in [0.15, 0.2) is 48.5 Å². The van der Waals surface area contributed by atoms with Crippen molar-refractivity contribution < 1.29 is 4.79 Å². The number of carbonyl (C=O) groups is 1. The minimum absolute atomic E-state index is 0.0276. The van der Waals surface area contributed by atoms with Gasteiger partial charge in [0.1, 0.15) is 0 Å². The SMILES string of the molecule is CC(C)(C)c1ccc(CC(CN)(Cc2ccc(C(C)(C)C)cc2)C(=O)NCCN)cc1. The number of hydrogen-bond donors (Lipinski definition) is 3. The van der Waals surface area contributed by atoms with Gasteiger partial charge in [-0.1, -0.05) is 90.1 Å². The Bertz CT molecular complexity index is 781. The van der Waals surface area contributed by atoms with Crippen molar-refractivity contribution in [3.05, 3.63) is 70.8 Å². The Labute approximate surface area is 188 Å². The summed E-state index contributed by atoms with van der Waals surface area (Å²) in [6.45, 7) is 14.3. The molecule has 0 aliphatic heterocycles. The molecule has 0 heterocycles. The third kappa shape index (κ3) is 6.65. The topological polar surface area (TPSA) is 81.1 Å². The molecule has 4 heteroatoms. The van der Waals surface area contributed by atoms with E-state index in [9.17, 15) is 4.79 Å². The van der Waals surface area contributed by atoms with Gasteiger partial charge >= 0.3 is 0 Å². The molecule has 0 unspecified atom stereocenters. The highest BCUT2D eigenvalue weighted by Gasteiger charge is 2.37. The van der Waals surface area contributed by atoms with Crippen LogP contribution in [0.4, 0.5) is 0 Å². The third-order valence-corrected chi connectivity index (χ3v) is 6.03. The fraction of sp³-hybridized carbons (Fsp3) is 0.519. The Balaban J connectivity index is 2.35. The molecule has 0 aromatic heterocycles. The fourth-order valence-corrected chi connectivity index (χ4v) is 3.86. The van der Waals surface area contributed by atoms with Gasteiger partial charge in [-0.05, 0) is 45.9 Å². The van der Waals surface area contributed by atoms with Crippen molar-refractivity contribution in [2.24, 2.45) is 16.9 Å². The van der Waals surface area contributed by atoms with Crippen molar-refractivity contribution in [1.82, 2.24) is 5.32 Å². The highest BCUT2D eigenvalue weighted by Crippen LogP contribution is 2.31. The molecule has 0 radical (unpaired) electrons. The van der Waals surface area contributed by atoms with Gasteiger partial charge in [0.25, 0.3) is 0 Å². The smallest absolute Gasteiger partial charge is 0.228 e. The van der Waals surface area contributed by atoms with Crippen molar-refractivity contribution in [3.8, 4) is 0 Å². The number of nitrogens with two attached hydrogens (primary N) is 2. The Kier molecular flexibility index (Phi) is 8.07. The molecule has 0 bridgehead atoms. The van der Waals surface area contributed by atoms with Gasteiger partial charge in [-0.2, -0.15) is 0 Å². The molecule has 170 valence electrons. The molecule has 0 aliphatic rings. The van der Waals surface area contributed by atoms with E-state index in [0.717, 1.165) is 11.1 Å². The molecule has 31 heavy (non-hydrogen) atoms. The molecule has 1 amide bonds. The van der Waals surface area contributed by atoms with Gasteiger partial charge in [0, 0.05) is 19.6 Å². The zero-order chi connectivity index (χ0) is 23.3. The minimum atomic E-state index is -0.721. The maximum atomic E-state index is 13.3. The summed E-state index contributed by atoms with van der Waals surface area (Å²) in [6.07, 6.45) is 1.18. The molecule has 0 fully saturated rings. The van der Waals surface area contributed by atoms with Crippen LogP contribution in [0.2, 0.25) is 0 Å². The molecule has 0 atom stereocenters. The van der Waals surface area contributed by atoms with Crippen molar-refractivity contribution >= 4 is 5.91 Å². The van der Waals surface area contributed by atoms with Gasteiger partial charge in [0.15, 0.2) is 0 Å². The first-order valence-corrected chi connectivity index (χ1v) is 11.3. The van der Waals surface area contributed by atoms with E-state index in [1.165, 1.54) is 11.1 Å². The summed E-state index contributed by atoms with van der Waals surface area (Å²) in [7, 11) is 0. The van der Waals surface area contributed by atoms with Crippen LogP contribution < -0.4 is 16.8 Å². The van der Waals surface area contributed by atoms with E-state index in [0.29, 0.717) is 25.9 Å². The largest absolute Gasteiger partial charge is 0.354 e. The lowest BCUT2D eigenvalue weighted by molar-refractivity contribution is -0.130. The lowest BCUT2D eigenvalue weighted by Gasteiger charge is -2.32. The predicted octanol–water partition coefficient (Wildman–Crippen LogP) is 4.09.